The van der Waals surface area contributed by atoms with Gasteiger partial charge in [-0.2, -0.15) is 0 Å². The number of nitrogens with one attached hydrogen (secondary N) is 2. The maximum atomic E-state index is 10.4. The number of aliphatic hydroxyl groups is 1. The Morgan fingerprint density at radius 3 is 2.80 bits per heavy atom. The summed E-state index contributed by atoms with van der Waals surface area (Å²) in [6.45, 7) is 5.69. The number of aromatic nitrogens is 2. The highest BCUT2D eigenvalue weighted by atomic mass is 16.5. The monoisotopic (exact) mass is 341 g/mol. The smallest absolute Gasteiger partial charge is 0.145 e. The highest BCUT2D eigenvalue weighted by molar-refractivity contribution is 6.23. The van der Waals surface area contributed by atoms with Crippen LogP contribution < -0.4 is 0 Å². The molecule has 0 atom stereocenters. The fraction of sp³-hybridized carbons (Fsp3) is 0.444. The van der Waals surface area contributed by atoms with E-state index >= 15 is 0 Å². The van der Waals surface area contributed by atoms with Gasteiger partial charge in [-0.25, -0.2) is 4.98 Å². The molecule has 0 radical (unpaired) electrons. The Bertz CT molecular complexity index is 774. The second-order valence-electron chi connectivity index (χ2n) is 6.50. The summed E-state index contributed by atoms with van der Waals surface area (Å²) in [5, 5.41) is 18.8. The number of para-hydroxylation sites is 2. The second-order valence-corrected chi connectivity index (χ2v) is 6.50. The SMILES string of the molecule is N=C1C(c2nc3ccccc3[nH]2)=C(O)CN1CCCN1CCOCC1. The first-order valence-corrected chi connectivity index (χ1v) is 8.73. The van der Waals surface area contributed by atoms with Gasteiger partial charge in [-0.15, -0.1) is 0 Å². The van der Waals surface area contributed by atoms with E-state index in [1.54, 1.807) is 0 Å². The molecule has 3 heterocycles. The van der Waals surface area contributed by atoms with Crippen LogP contribution in [-0.2, 0) is 4.74 Å². The third-order valence-electron chi connectivity index (χ3n) is 4.81. The maximum absolute atomic E-state index is 10.4. The lowest BCUT2D eigenvalue weighted by Gasteiger charge is -2.27. The number of nitrogens with zero attached hydrogens (tertiary/aromatic N) is 3. The molecule has 1 saturated heterocycles. The van der Waals surface area contributed by atoms with E-state index in [2.05, 4.69) is 14.9 Å². The molecule has 2 aliphatic heterocycles. The van der Waals surface area contributed by atoms with E-state index in [0.717, 1.165) is 56.8 Å². The first-order valence-electron chi connectivity index (χ1n) is 8.73. The molecular formula is C18H23N5O2. The number of aromatic amines is 1. The highest BCUT2D eigenvalue weighted by Crippen LogP contribution is 2.27. The summed E-state index contributed by atoms with van der Waals surface area (Å²) in [7, 11) is 0. The van der Waals surface area contributed by atoms with Gasteiger partial charge in [-0.1, -0.05) is 12.1 Å². The van der Waals surface area contributed by atoms with Crippen molar-refractivity contribution in [3.05, 3.63) is 35.8 Å². The molecule has 132 valence electrons. The number of amidine groups is 1. The maximum Gasteiger partial charge on any atom is 0.145 e. The summed E-state index contributed by atoms with van der Waals surface area (Å²) in [6.07, 6.45) is 0.961. The number of imidazole rings is 1. The lowest BCUT2D eigenvalue weighted by Crippen LogP contribution is -2.38. The van der Waals surface area contributed by atoms with Crippen molar-refractivity contribution in [2.24, 2.45) is 0 Å². The number of hydrogen-bond donors (Lipinski definition) is 3. The van der Waals surface area contributed by atoms with Crippen LogP contribution in [0.25, 0.3) is 16.6 Å². The second kappa shape index (κ2) is 6.85. The van der Waals surface area contributed by atoms with Crippen molar-refractivity contribution in [3.63, 3.8) is 0 Å². The van der Waals surface area contributed by atoms with Crippen molar-refractivity contribution in [1.29, 1.82) is 5.41 Å². The molecule has 0 amide bonds. The molecule has 3 N–H and O–H groups in total. The summed E-state index contributed by atoms with van der Waals surface area (Å²) in [5.74, 6) is 1.13. The lowest BCUT2D eigenvalue weighted by atomic mass is 10.2. The van der Waals surface area contributed by atoms with Crippen LogP contribution in [0.2, 0.25) is 0 Å². The van der Waals surface area contributed by atoms with Gasteiger partial charge in [0.25, 0.3) is 0 Å². The molecule has 1 aromatic carbocycles. The van der Waals surface area contributed by atoms with Crippen molar-refractivity contribution in [2.45, 2.75) is 6.42 Å². The van der Waals surface area contributed by atoms with Gasteiger partial charge in [0.1, 0.15) is 17.4 Å². The van der Waals surface area contributed by atoms with Gasteiger partial charge in [0.2, 0.25) is 0 Å². The molecule has 1 aromatic heterocycles. The molecule has 0 aliphatic carbocycles. The van der Waals surface area contributed by atoms with Crippen molar-refractivity contribution < 1.29 is 9.84 Å². The Hall–Kier alpha value is -2.38. The quantitative estimate of drug-likeness (QED) is 0.772. The normalized spacial score (nSPS) is 19.4. The molecule has 1 fully saturated rings. The number of aliphatic hydroxyl groups excluding tert-OH is 1. The number of rotatable bonds is 5. The summed E-state index contributed by atoms with van der Waals surface area (Å²) in [5.41, 5.74) is 2.27. The van der Waals surface area contributed by atoms with Crippen molar-refractivity contribution in [2.75, 3.05) is 45.9 Å². The number of morpholine rings is 1. The molecule has 4 rings (SSSR count). The molecule has 25 heavy (non-hydrogen) atoms. The number of ether oxygens (including phenoxy) is 1. The van der Waals surface area contributed by atoms with Gasteiger partial charge >= 0.3 is 0 Å². The standard InChI is InChI=1S/C18H23N5O2/c19-17-16(18-20-13-4-1-2-5-14(13)21-18)15(24)12-23(17)7-3-6-22-8-10-25-11-9-22/h1-2,4-5,19,24H,3,6-12H2,(H,20,21). The molecular weight excluding hydrogens is 318 g/mol. The molecule has 0 bridgehead atoms. The highest BCUT2D eigenvalue weighted by Gasteiger charge is 2.30. The minimum absolute atomic E-state index is 0.218. The minimum Gasteiger partial charge on any atom is -0.510 e. The molecule has 0 unspecified atom stereocenters. The summed E-state index contributed by atoms with van der Waals surface area (Å²) in [4.78, 5) is 12.0. The lowest BCUT2D eigenvalue weighted by molar-refractivity contribution is 0.0368. The third kappa shape index (κ3) is 3.25. The van der Waals surface area contributed by atoms with Crippen molar-refractivity contribution >= 4 is 22.4 Å². The Kier molecular flexibility index (Phi) is 4.42. The number of fused-ring (bicyclic) bond motifs is 1. The van der Waals surface area contributed by atoms with E-state index in [1.807, 2.05) is 29.2 Å². The fourth-order valence-electron chi connectivity index (χ4n) is 3.45. The molecule has 0 spiro atoms. The summed E-state index contributed by atoms with van der Waals surface area (Å²) >= 11 is 0. The van der Waals surface area contributed by atoms with Gasteiger partial charge in [0.05, 0.1) is 36.4 Å². The minimum atomic E-state index is 0.218. The average Bonchev–Trinajstić information content (AvgIpc) is 3.16. The van der Waals surface area contributed by atoms with E-state index in [1.165, 1.54) is 0 Å². The predicted octanol–water partition coefficient (Wildman–Crippen LogP) is 1.85. The van der Waals surface area contributed by atoms with Gasteiger partial charge in [0.15, 0.2) is 0 Å². The number of hydrogen-bond acceptors (Lipinski definition) is 5. The summed E-state index contributed by atoms with van der Waals surface area (Å²) < 4.78 is 5.36. The van der Waals surface area contributed by atoms with Crippen LogP contribution in [0.3, 0.4) is 0 Å². The van der Waals surface area contributed by atoms with Crippen LogP contribution >= 0.6 is 0 Å². The van der Waals surface area contributed by atoms with E-state index in [9.17, 15) is 5.11 Å². The molecule has 7 nitrogen and oxygen atoms in total. The van der Waals surface area contributed by atoms with Crippen molar-refractivity contribution in [1.82, 2.24) is 19.8 Å². The van der Waals surface area contributed by atoms with Crippen LogP contribution in [0.1, 0.15) is 12.2 Å². The van der Waals surface area contributed by atoms with Gasteiger partial charge in [0, 0.05) is 26.2 Å². The van der Waals surface area contributed by atoms with Crippen LogP contribution in [0.4, 0.5) is 0 Å². The zero-order valence-corrected chi connectivity index (χ0v) is 14.2. The Labute approximate surface area is 146 Å². The van der Waals surface area contributed by atoms with Crippen LogP contribution in [-0.4, -0.2) is 76.6 Å². The van der Waals surface area contributed by atoms with Crippen molar-refractivity contribution in [3.8, 4) is 0 Å². The largest absolute Gasteiger partial charge is 0.510 e. The first kappa shape index (κ1) is 16.1. The van der Waals surface area contributed by atoms with Gasteiger partial charge in [-0.3, -0.25) is 10.3 Å². The van der Waals surface area contributed by atoms with E-state index in [4.69, 9.17) is 10.1 Å². The molecule has 2 aromatic rings. The number of benzene rings is 1. The Morgan fingerprint density at radius 2 is 2.00 bits per heavy atom. The fourth-order valence-corrected chi connectivity index (χ4v) is 3.45. The average molecular weight is 341 g/mol. The van der Waals surface area contributed by atoms with E-state index in [-0.39, 0.29) is 5.76 Å². The molecule has 7 heteroatoms. The zero-order chi connectivity index (χ0) is 17.2. The van der Waals surface area contributed by atoms with E-state index < -0.39 is 0 Å². The Balaban J connectivity index is 1.40. The first-order chi connectivity index (χ1) is 12.2. The molecule has 2 aliphatic rings. The summed E-state index contributed by atoms with van der Waals surface area (Å²) in [6, 6.07) is 7.74. The number of H-pyrrole nitrogens is 1. The van der Waals surface area contributed by atoms with Gasteiger partial charge < -0.3 is 19.7 Å². The Morgan fingerprint density at radius 1 is 1.20 bits per heavy atom. The predicted molar refractivity (Wildman–Crippen MR) is 96.8 cm³/mol. The van der Waals surface area contributed by atoms with Crippen LogP contribution in [0.5, 0.6) is 0 Å². The third-order valence-corrected chi connectivity index (χ3v) is 4.81. The van der Waals surface area contributed by atoms with Gasteiger partial charge in [-0.05, 0) is 18.6 Å². The van der Waals surface area contributed by atoms with Crippen LogP contribution in [0, 0.1) is 5.41 Å². The topological polar surface area (TPSA) is 88.5 Å². The zero-order valence-electron chi connectivity index (χ0n) is 14.2. The van der Waals surface area contributed by atoms with Crippen LogP contribution in [0.15, 0.2) is 30.0 Å². The van der Waals surface area contributed by atoms with E-state index in [0.29, 0.717) is 23.8 Å². The molecule has 0 saturated carbocycles.